The van der Waals surface area contributed by atoms with Gasteiger partial charge in [0.1, 0.15) is 12.4 Å². The van der Waals surface area contributed by atoms with Crippen molar-refractivity contribution in [1.82, 2.24) is 15.5 Å². The zero-order valence-corrected chi connectivity index (χ0v) is 15.7. The Morgan fingerprint density at radius 3 is 2.63 bits per heavy atom. The third-order valence-corrected chi connectivity index (χ3v) is 4.18. The number of aliphatic imine (C=N–C) groups is 1. The molecule has 0 aromatic heterocycles. The molecule has 6 nitrogen and oxygen atoms in total. The highest BCUT2D eigenvalue weighted by atomic mass is 19.4. The maximum Gasteiger partial charge on any atom is 0.401 e. The van der Waals surface area contributed by atoms with Crippen LogP contribution in [0.5, 0.6) is 5.75 Å². The smallest absolute Gasteiger partial charge is 0.401 e. The summed E-state index contributed by atoms with van der Waals surface area (Å²) in [4.78, 5) is 5.56. The fourth-order valence-corrected chi connectivity index (χ4v) is 2.87. The van der Waals surface area contributed by atoms with Crippen molar-refractivity contribution >= 4 is 5.96 Å². The molecule has 1 saturated heterocycles. The number of alkyl halides is 3. The highest BCUT2D eigenvalue weighted by Gasteiger charge is 2.34. The Hall–Kier alpha value is -2.00. The molecule has 1 aliphatic rings. The molecule has 2 N–H and O–H groups in total. The first-order chi connectivity index (χ1) is 12.9. The summed E-state index contributed by atoms with van der Waals surface area (Å²) in [7, 11) is 3.27. The van der Waals surface area contributed by atoms with E-state index in [-0.39, 0.29) is 6.04 Å². The molecule has 9 heteroatoms. The topological polar surface area (TPSA) is 58.1 Å². The summed E-state index contributed by atoms with van der Waals surface area (Å²) in [6.07, 6.45) is -3.50. The van der Waals surface area contributed by atoms with Gasteiger partial charge >= 0.3 is 6.18 Å². The van der Waals surface area contributed by atoms with E-state index >= 15 is 0 Å². The molecule has 1 heterocycles. The van der Waals surface area contributed by atoms with Gasteiger partial charge in [-0.15, -0.1) is 0 Å². The van der Waals surface area contributed by atoms with Gasteiger partial charge < -0.3 is 20.1 Å². The summed E-state index contributed by atoms with van der Waals surface area (Å²) in [6.45, 7) is 1.50. The molecule has 1 aliphatic heterocycles. The lowest BCUT2D eigenvalue weighted by Crippen LogP contribution is -2.44. The number of halogens is 3. The second kappa shape index (κ2) is 10.4. The zero-order valence-electron chi connectivity index (χ0n) is 15.7. The van der Waals surface area contributed by atoms with Crippen LogP contribution in [-0.4, -0.2) is 70.1 Å². The van der Waals surface area contributed by atoms with Gasteiger partial charge in [0.05, 0.1) is 13.2 Å². The lowest BCUT2D eigenvalue weighted by molar-refractivity contribution is -0.143. The number of hydrogen-bond acceptors (Lipinski definition) is 4. The monoisotopic (exact) mass is 388 g/mol. The fourth-order valence-electron chi connectivity index (χ4n) is 2.87. The van der Waals surface area contributed by atoms with E-state index in [0.717, 1.165) is 11.3 Å². The van der Waals surface area contributed by atoms with Gasteiger partial charge in [0.15, 0.2) is 5.96 Å². The Morgan fingerprint density at radius 1 is 1.26 bits per heavy atom. The van der Waals surface area contributed by atoms with Crippen LogP contribution in [0.4, 0.5) is 13.2 Å². The standard InChI is InChI=1S/C18H27F3N4O2/c1-22-17(24-15-7-8-25(12-15)13-18(19,20)21)23-11-14-3-5-16(6-4-14)27-10-9-26-2/h3-6,15H,7-13H2,1-2H3,(H2,22,23,24). The number of hydrogen-bond donors (Lipinski definition) is 2. The van der Waals surface area contributed by atoms with Crippen LogP contribution in [0.15, 0.2) is 29.3 Å². The van der Waals surface area contributed by atoms with Crippen molar-refractivity contribution in [3.63, 3.8) is 0 Å². The second-order valence-corrected chi connectivity index (χ2v) is 6.39. The molecule has 27 heavy (non-hydrogen) atoms. The molecule has 152 valence electrons. The van der Waals surface area contributed by atoms with Crippen LogP contribution in [0.25, 0.3) is 0 Å². The quantitative estimate of drug-likeness (QED) is 0.405. The Labute approximate surface area is 157 Å². The molecule has 1 aromatic rings. The van der Waals surface area contributed by atoms with Gasteiger partial charge in [0.25, 0.3) is 0 Å². The van der Waals surface area contributed by atoms with Gasteiger partial charge in [-0.1, -0.05) is 12.1 Å². The van der Waals surface area contributed by atoms with Crippen molar-refractivity contribution in [2.45, 2.75) is 25.2 Å². The number of benzene rings is 1. The minimum atomic E-state index is -4.16. The number of rotatable bonds is 8. The Morgan fingerprint density at radius 2 is 2.00 bits per heavy atom. The summed E-state index contributed by atoms with van der Waals surface area (Å²) in [6, 6.07) is 7.62. The van der Waals surface area contributed by atoms with E-state index < -0.39 is 12.7 Å². The minimum absolute atomic E-state index is 0.0462. The van der Waals surface area contributed by atoms with E-state index in [2.05, 4.69) is 15.6 Å². The van der Waals surface area contributed by atoms with Crippen LogP contribution in [0.2, 0.25) is 0 Å². The van der Waals surface area contributed by atoms with Crippen molar-refractivity contribution in [3.05, 3.63) is 29.8 Å². The van der Waals surface area contributed by atoms with Crippen molar-refractivity contribution in [3.8, 4) is 5.75 Å². The summed E-state index contributed by atoms with van der Waals surface area (Å²) in [5, 5.41) is 6.37. The molecule has 1 unspecified atom stereocenters. The molecule has 1 fully saturated rings. The number of guanidine groups is 1. The van der Waals surface area contributed by atoms with E-state index in [4.69, 9.17) is 9.47 Å². The zero-order chi connectivity index (χ0) is 19.7. The minimum Gasteiger partial charge on any atom is -0.491 e. The first kappa shape index (κ1) is 21.3. The molecule has 2 rings (SSSR count). The van der Waals surface area contributed by atoms with Crippen LogP contribution < -0.4 is 15.4 Å². The Kier molecular flexibility index (Phi) is 8.18. The van der Waals surface area contributed by atoms with Crippen LogP contribution in [0.3, 0.4) is 0 Å². The van der Waals surface area contributed by atoms with Crippen molar-refractivity contribution in [2.24, 2.45) is 4.99 Å². The van der Waals surface area contributed by atoms with Crippen molar-refractivity contribution in [2.75, 3.05) is 47.0 Å². The van der Waals surface area contributed by atoms with E-state index in [0.29, 0.717) is 45.2 Å². The first-order valence-electron chi connectivity index (χ1n) is 8.86. The number of likely N-dealkylation sites (tertiary alicyclic amines) is 1. The van der Waals surface area contributed by atoms with Crippen molar-refractivity contribution < 1.29 is 22.6 Å². The number of ether oxygens (including phenoxy) is 2. The molecular formula is C18H27F3N4O2. The van der Waals surface area contributed by atoms with Crippen LogP contribution in [0, 0.1) is 0 Å². The SMILES string of the molecule is CN=C(NCc1ccc(OCCOC)cc1)NC1CCN(CC(F)(F)F)C1. The highest BCUT2D eigenvalue weighted by Crippen LogP contribution is 2.20. The lowest BCUT2D eigenvalue weighted by Gasteiger charge is -2.20. The van der Waals surface area contributed by atoms with E-state index in [1.54, 1.807) is 14.2 Å². The largest absolute Gasteiger partial charge is 0.491 e. The normalized spacial score (nSPS) is 18.6. The van der Waals surface area contributed by atoms with Gasteiger partial charge in [-0.2, -0.15) is 13.2 Å². The third kappa shape index (κ3) is 8.04. The maximum atomic E-state index is 12.5. The summed E-state index contributed by atoms with van der Waals surface area (Å²) >= 11 is 0. The first-order valence-corrected chi connectivity index (χ1v) is 8.86. The highest BCUT2D eigenvalue weighted by molar-refractivity contribution is 5.80. The molecule has 1 atom stereocenters. The van der Waals surface area contributed by atoms with E-state index in [1.165, 1.54) is 4.90 Å². The summed E-state index contributed by atoms with van der Waals surface area (Å²) < 4.78 is 47.9. The molecule has 0 radical (unpaired) electrons. The molecule has 0 amide bonds. The Bertz CT molecular complexity index is 593. The fraction of sp³-hybridized carbons (Fsp3) is 0.611. The van der Waals surface area contributed by atoms with Crippen LogP contribution in [-0.2, 0) is 11.3 Å². The average molecular weight is 388 g/mol. The number of methoxy groups -OCH3 is 1. The summed E-state index contributed by atoms with van der Waals surface area (Å²) in [5.41, 5.74) is 1.04. The second-order valence-electron chi connectivity index (χ2n) is 6.39. The Balaban J connectivity index is 1.74. The average Bonchev–Trinajstić information content (AvgIpc) is 3.05. The summed E-state index contributed by atoms with van der Waals surface area (Å²) in [5.74, 6) is 1.35. The van der Waals surface area contributed by atoms with Crippen molar-refractivity contribution in [1.29, 1.82) is 0 Å². The van der Waals surface area contributed by atoms with Gasteiger partial charge in [0.2, 0.25) is 0 Å². The van der Waals surface area contributed by atoms with Gasteiger partial charge in [-0.05, 0) is 24.1 Å². The predicted molar refractivity (Wildman–Crippen MR) is 98.0 cm³/mol. The van der Waals surface area contributed by atoms with Gasteiger partial charge in [-0.25, -0.2) is 0 Å². The molecular weight excluding hydrogens is 361 g/mol. The van der Waals surface area contributed by atoms with Crippen LogP contribution >= 0.6 is 0 Å². The maximum absolute atomic E-state index is 12.5. The molecule has 0 saturated carbocycles. The van der Waals surface area contributed by atoms with E-state index in [9.17, 15) is 13.2 Å². The predicted octanol–water partition coefficient (Wildman–Crippen LogP) is 2.01. The molecule has 0 bridgehead atoms. The number of nitrogens with zero attached hydrogens (tertiary/aromatic N) is 2. The lowest BCUT2D eigenvalue weighted by atomic mass is 10.2. The van der Waals surface area contributed by atoms with E-state index in [1.807, 2.05) is 24.3 Å². The third-order valence-electron chi connectivity index (χ3n) is 4.18. The number of nitrogens with one attached hydrogen (secondary N) is 2. The van der Waals surface area contributed by atoms with Gasteiger partial charge in [-0.3, -0.25) is 9.89 Å². The molecule has 0 spiro atoms. The molecule has 1 aromatic carbocycles. The van der Waals surface area contributed by atoms with Gasteiger partial charge in [0, 0.05) is 39.8 Å². The van der Waals surface area contributed by atoms with Crippen LogP contribution in [0.1, 0.15) is 12.0 Å². The molecule has 0 aliphatic carbocycles.